The van der Waals surface area contributed by atoms with Gasteiger partial charge in [0.1, 0.15) is 12.5 Å². The minimum atomic E-state index is -0.0723. The van der Waals surface area contributed by atoms with Crippen molar-refractivity contribution in [3.8, 4) is 11.5 Å². The zero-order valence-electron chi connectivity index (χ0n) is 16.2. The van der Waals surface area contributed by atoms with Crippen LogP contribution in [-0.2, 0) is 11.3 Å². The van der Waals surface area contributed by atoms with Gasteiger partial charge in [0.25, 0.3) is 0 Å². The fraction of sp³-hybridized carbons (Fsp3) is 0.391. The first-order chi connectivity index (χ1) is 13.7. The molecule has 0 N–H and O–H groups in total. The van der Waals surface area contributed by atoms with Crippen LogP contribution in [0.25, 0.3) is 0 Å². The summed E-state index contributed by atoms with van der Waals surface area (Å²) in [7, 11) is 2.18. The van der Waals surface area contributed by atoms with Crippen LogP contribution in [0.2, 0.25) is 0 Å². The van der Waals surface area contributed by atoms with Gasteiger partial charge in [0, 0.05) is 25.7 Å². The molecule has 2 aliphatic heterocycles. The topological polar surface area (TPSA) is 42.0 Å². The summed E-state index contributed by atoms with van der Waals surface area (Å²) < 4.78 is 11.9. The average molecular weight is 378 g/mol. The summed E-state index contributed by atoms with van der Waals surface area (Å²) >= 11 is 0. The van der Waals surface area contributed by atoms with E-state index >= 15 is 0 Å². The highest BCUT2D eigenvalue weighted by Crippen LogP contribution is 2.35. The third kappa shape index (κ3) is 4.22. The summed E-state index contributed by atoms with van der Waals surface area (Å²) in [5.41, 5.74) is 2.42. The summed E-state index contributed by atoms with van der Waals surface area (Å²) in [6.07, 6.45) is 3.60. The highest BCUT2D eigenvalue weighted by molar-refractivity contribution is 5.44. The number of carbonyl (C=O) groups excluding carboxylic acids is 1. The van der Waals surface area contributed by atoms with Crippen LogP contribution in [-0.4, -0.2) is 48.5 Å². The lowest BCUT2D eigenvalue weighted by Crippen LogP contribution is -2.41. The average Bonchev–Trinajstić information content (AvgIpc) is 2.75. The van der Waals surface area contributed by atoms with Crippen molar-refractivity contribution in [2.24, 2.45) is 0 Å². The molecular weight excluding hydrogens is 352 g/mol. The molecular formula is C23H26N2O3. The van der Waals surface area contributed by atoms with E-state index in [1.165, 1.54) is 11.8 Å². The largest absolute Gasteiger partial charge is 0.485 e. The van der Waals surface area contributed by atoms with E-state index < -0.39 is 0 Å². The lowest BCUT2D eigenvalue weighted by atomic mass is 10.0. The van der Waals surface area contributed by atoms with Crippen molar-refractivity contribution in [1.29, 1.82) is 0 Å². The van der Waals surface area contributed by atoms with Crippen molar-refractivity contribution in [3.63, 3.8) is 0 Å². The monoisotopic (exact) mass is 378 g/mol. The molecule has 1 saturated heterocycles. The fourth-order valence-electron chi connectivity index (χ4n) is 3.97. The minimum Gasteiger partial charge on any atom is -0.485 e. The highest BCUT2D eigenvalue weighted by atomic mass is 16.6. The molecule has 0 bridgehead atoms. The molecule has 0 unspecified atom stereocenters. The molecule has 0 aliphatic carbocycles. The molecule has 0 aromatic heterocycles. The van der Waals surface area contributed by atoms with Crippen molar-refractivity contribution in [2.45, 2.75) is 31.5 Å². The Kier molecular flexibility index (Phi) is 5.65. The molecule has 0 saturated carbocycles. The number of likely N-dealkylation sites (tertiary alicyclic amines) is 1. The maximum Gasteiger partial charge on any atom is 0.162 e. The van der Waals surface area contributed by atoms with E-state index in [-0.39, 0.29) is 6.10 Å². The van der Waals surface area contributed by atoms with Gasteiger partial charge in [0.2, 0.25) is 0 Å². The molecule has 0 amide bonds. The predicted octanol–water partition coefficient (Wildman–Crippen LogP) is 3.44. The van der Waals surface area contributed by atoms with Gasteiger partial charge in [0.15, 0.2) is 17.6 Å². The van der Waals surface area contributed by atoms with Gasteiger partial charge < -0.3 is 14.4 Å². The molecule has 0 spiro atoms. The molecule has 1 fully saturated rings. The second-order valence-corrected chi connectivity index (χ2v) is 7.54. The molecule has 2 aromatic carbocycles. The van der Waals surface area contributed by atoms with Crippen LogP contribution in [0.15, 0.2) is 54.7 Å². The first-order valence-corrected chi connectivity index (χ1v) is 9.85. The summed E-state index contributed by atoms with van der Waals surface area (Å²) in [4.78, 5) is 14.9. The van der Waals surface area contributed by atoms with Crippen LogP contribution in [0.1, 0.15) is 30.1 Å². The van der Waals surface area contributed by atoms with Crippen molar-refractivity contribution < 1.29 is 14.3 Å². The van der Waals surface area contributed by atoms with Crippen LogP contribution < -0.4 is 9.47 Å². The third-order valence-electron chi connectivity index (χ3n) is 5.65. The number of rotatable bonds is 5. The van der Waals surface area contributed by atoms with E-state index in [1.807, 2.05) is 30.2 Å². The van der Waals surface area contributed by atoms with E-state index in [0.29, 0.717) is 12.6 Å². The summed E-state index contributed by atoms with van der Waals surface area (Å²) in [5.74, 6) is 3.49. The van der Waals surface area contributed by atoms with Gasteiger partial charge >= 0.3 is 0 Å². The van der Waals surface area contributed by atoms with E-state index in [0.717, 1.165) is 49.5 Å². The molecule has 5 nitrogen and oxygen atoms in total. The molecule has 5 heteroatoms. The first-order valence-electron chi connectivity index (χ1n) is 9.85. The predicted molar refractivity (Wildman–Crippen MR) is 108 cm³/mol. The van der Waals surface area contributed by atoms with E-state index in [4.69, 9.17) is 9.47 Å². The van der Waals surface area contributed by atoms with Gasteiger partial charge in [-0.3, -0.25) is 4.90 Å². The number of benzene rings is 2. The Hall–Kier alpha value is -2.75. The second kappa shape index (κ2) is 8.51. The van der Waals surface area contributed by atoms with Gasteiger partial charge in [-0.15, -0.1) is 0 Å². The van der Waals surface area contributed by atoms with Gasteiger partial charge in [-0.05, 0) is 43.1 Å². The summed E-state index contributed by atoms with van der Waals surface area (Å²) in [6, 6.07) is 17.0. The van der Waals surface area contributed by atoms with Crippen LogP contribution in [0.5, 0.6) is 11.5 Å². The molecule has 0 radical (unpaired) electrons. The Labute approximate surface area is 166 Å². The van der Waals surface area contributed by atoms with Gasteiger partial charge in [0.05, 0.1) is 6.20 Å². The fourth-order valence-corrected chi connectivity index (χ4v) is 3.97. The minimum absolute atomic E-state index is 0.0723. The Morgan fingerprint density at radius 3 is 2.54 bits per heavy atom. The quantitative estimate of drug-likeness (QED) is 0.746. The molecule has 2 aromatic rings. The molecule has 1 atom stereocenters. The van der Waals surface area contributed by atoms with E-state index in [1.54, 1.807) is 0 Å². The Balaban J connectivity index is 1.33. The number of para-hydroxylation sites is 2. The van der Waals surface area contributed by atoms with Crippen molar-refractivity contribution >= 4 is 5.94 Å². The normalized spacial score (nSPS) is 19.4. The number of hydrogen-bond donors (Lipinski definition) is 0. The molecule has 4 rings (SSSR count). The van der Waals surface area contributed by atoms with Crippen molar-refractivity contribution in [3.05, 3.63) is 65.9 Å². The molecule has 146 valence electrons. The van der Waals surface area contributed by atoms with Crippen molar-refractivity contribution in [2.75, 3.05) is 26.7 Å². The summed E-state index contributed by atoms with van der Waals surface area (Å²) in [6.45, 7) is 3.29. The lowest BCUT2D eigenvalue weighted by molar-refractivity contribution is 0.0912. The Bertz CT molecular complexity index is 837. The summed E-state index contributed by atoms with van der Waals surface area (Å²) in [5, 5.41) is 0. The van der Waals surface area contributed by atoms with Crippen LogP contribution in [0.3, 0.4) is 0 Å². The molecule has 2 heterocycles. The third-order valence-corrected chi connectivity index (χ3v) is 5.65. The maximum absolute atomic E-state index is 10.5. The first kappa shape index (κ1) is 18.6. The van der Waals surface area contributed by atoms with Crippen LogP contribution in [0.4, 0.5) is 0 Å². The van der Waals surface area contributed by atoms with E-state index in [2.05, 4.69) is 41.1 Å². The van der Waals surface area contributed by atoms with Gasteiger partial charge in [-0.2, -0.15) is 0 Å². The zero-order chi connectivity index (χ0) is 19.3. The number of ether oxygens (including phenoxy) is 2. The smallest absolute Gasteiger partial charge is 0.162 e. The van der Waals surface area contributed by atoms with E-state index in [9.17, 15) is 4.79 Å². The van der Waals surface area contributed by atoms with Crippen LogP contribution in [0, 0.1) is 0 Å². The SMILES string of the molecule is CN(Cc1ccc([C@H]2COc3ccccc3O2)cc1)C1CCN(C=C=O)CC1. The number of hydrogen-bond acceptors (Lipinski definition) is 5. The Morgan fingerprint density at radius 1 is 1.11 bits per heavy atom. The number of piperidine rings is 1. The Morgan fingerprint density at radius 2 is 1.82 bits per heavy atom. The van der Waals surface area contributed by atoms with Crippen molar-refractivity contribution in [1.82, 2.24) is 9.80 Å². The highest BCUT2D eigenvalue weighted by Gasteiger charge is 2.23. The maximum atomic E-state index is 10.5. The van der Waals surface area contributed by atoms with Gasteiger partial charge in [-0.1, -0.05) is 36.4 Å². The van der Waals surface area contributed by atoms with Crippen LogP contribution >= 0.6 is 0 Å². The number of nitrogens with zero attached hydrogens (tertiary/aromatic N) is 2. The molecule has 28 heavy (non-hydrogen) atoms. The standard InChI is InChI=1S/C23H26N2O3/c1-24(20-10-12-25(13-11-20)14-15-26)16-18-6-8-19(9-7-18)23-17-27-21-4-2-3-5-22(21)28-23/h2-9,14,20,23H,10-13,16-17H2,1H3/t23-/m1/s1. The number of fused-ring (bicyclic) bond motifs is 1. The lowest BCUT2D eigenvalue weighted by Gasteiger charge is -2.35. The zero-order valence-corrected chi connectivity index (χ0v) is 16.2. The second-order valence-electron chi connectivity index (χ2n) is 7.54. The van der Waals surface area contributed by atoms with Gasteiger partial charge in [-0.25, -0.2) is 4.79 Å². The molecule has 2 aliphatic rings.